The molecule has 13 heavy (non-hydrogen) atoms. The molecule has 0 aliphatic heterocycles. The molecule has 3 N–H and O–H groups in total. The standard InChI is InChI=1S/C11H24N2/c1-10(7-8-12)9-13-11-5-3-2-4-6-11/h10-11,13H,2-9,12H2,1H3. The molecule has 0 aromatic carbocycles. The topological polar surface area (TPSA) is 38.0 Å². The molecule has 1 aliphatic carbocycles. The Balaban J connectivity index is 2.03. The van der Waals surface area contributed by atoms with Crippen molar-refractivity contribution < 1.29 is 0 Å². The van der Waals surface area contributed by atoms with Gasteiger partial charge in [-0.1, -0.05) is 26.2 Å². The zero-order chi connectivity index (χ0) is 9.52. The summed E-state index contributed by atoms with van der Waals surface area (Å²) in [7, 11) is 0. The smallest absolute Gasteiger partial charge is 0.00671 e. The molecule has 1 unspecified atom stereocenters. The highest BCUT2D eigenvalue weighted by Crippen LogP contribution is 2.17. The van der Waals surface area contributed by atoms with Crippen LogP contribution in [0.5, 0.6) is 0 Å². The van der Waals surface area contributed by atoms with E-state index in [2.05, 4.69) is 12.2 Å². The highest BCUT2D eigenvalue weighted by Gasteiger charge is 2.13. The molecule has 0 spiro atoms. The normalized spacial score (nSPS) is 21.7. The van der Waals surface area contributed by atoms with Crippen molar-refractivity contribution in [1.29, 1.82) is 0 Å². The SMILES string of the molecule is CC(CCN)CNC1CCCCC1. The second-order valence-electron chi connectivity index (χ2n) is 4.43. The van der Waals surface area contributed by atoms with E-state index in [1.165, 1.54) is 32.1 Å². The van der Waals surface area contributed by atoms with Gasteiger partial charge in [0.1, 0.15) is 0 Å². The zero-order valence-electron chi connectivity index (χ0n) is 8.89. The minimum Gasteiger partial charge on any atom is -0.330 e. The summed E-state index contributed by atoms with van der Waals surface area (Å²) in [5, 5.41) is 3.65. The first kappa shape index (κ1) is 11.0. The minimum atomic E-state index is 0.743. The first-order valence-electron chi connectivity index (χ1n) is 5.76. The molecule has 1 aliphatic rings. The van der Waals surface area contributed by atoms with Gasteiger partial charge in [0.2, 0.25) is 0 Å². The third kappa shape index (κ3) is 4.63. The Morgan fingerprint density at radius 3 is 2.62 bits per heavy atom. The molecule has 1 atom stereocenters. The van der Waals surface area contributed by atoms with Gasteiger partial charge in [-0.15, -0.1) is 0 Å². The average Bonchev–Trinajstić information content (AvgIpc) is 2.17. The second kappa shape index (κ2) is 6.39. The van der Waals surface area contributed by atoms with Gasteiger partial charge in [0.15, 0.2) is 0 Å². The fraction of sp³-hybridized carbons (Fsp3) is 1.00. The third-order valence-electron chi connectivity index (χ3n) is 3.02. The van der Waals surface area contributed by atoms with E-state index < -0.39 is 0 Å². The third-order valence-corrected chi connectivity index (χ3v) is 3.02. The van der Waals surface area contributed by atoms with Crippen LogP contribution in [0.3, 0.4) is 0 Å². The summed E-state index contributed by atoms with van der Waals surface area (Å²) in [6.07, 6.45) is 8.20. The van der Waals surface area contributed by atoms with Gasteiger partial charge in [-0.25, -0.2) is 0 Å². The molecule has 1 saturated carbocycles. The summed E-state index contributed by atoms with van der Waals surface area (Å²) in [6, 6.07) is 0.800. The van der Waals surface area contributed by atoms with Crippen molar-refractivity contribution in [2.24, 2.45) is 11.7 Å². The number of nitrogens with one attached hydrogen (secondary N) is 1. The van der Waals surface area contributed by atoms with E-state index in [9.17, 15) is 0 Å². The van der Waals surface area contributed by atoms with Crippen LogP contribution in [0.4, 0.5) is 0 Å². The van der Waals surface area contributed by atoms with Crippen molar-refractivity contribution in [3.8, 4) is 0 Å². The summed E-state index contributed by atoms with van der Waals surface area (Å²) in [4.78, 5) is 0. The molecule has 2 heteroatoms. The molecule has 78 valence electrons. The Hall–Kier alpha value is -0.0800. The lowest BCUT2D eigenvalue weighted by atomic mass is 9.95. The van der Waals surface area contributed by atoms with Crippen LogP contribution in [0.2, 0.25) is 0 Å². The lowest BCUT2D eigenvalue weighted by Crippen LogP contribution is -2.34. The maximum atomic E-state index is 5.51. The van der Waals surface area contributed by atoms with Gasteiger partial charge in [0, 0.05) is 6.04 Å². The fourth-order valence-corrected chi connectivity index (χ4v) is 2.06. The van der Waals surface area contributed by atoms with Crippen LogP contribution in [0.1, 0.15) is 45.4 Å². The summed E-state index contributed by atoms with van der Waals surface area (Å²) in [5.41, 5.74) is 5.51. The molecule has 1 rings (SSSR count). The van der Waals surface area contributed by atoms with Gasteiger partial charge in [0.05, 0.1) is 0 Å². The number of hydrogen-bond acceptors (Lipinski definition) is 2. The summed E-state index contributed by atoms with van der Waals surface area (Å²) in [6.45, 7) is 4.26. The van der Waals surface area contributed by atoms with Crippen LogP contribution in [0, 0.1) is 5.92 Å². The Bertz CT molecular complexity index is 119. The summed E-state index contributed by atoms with van der Waals surface area (Å²) < 4.78 is 0. The Morgan fingerprint density at radius 1 is 1.31 bits per heavy atom. The van der Waals surface area contributed by atoms with Gasteiger partial charge >= 0.3 is 0 Å². The van der Waals surface area contributed by atoms with Gasteiger partial charge in [0.25, 0.3) is 0 Å². The van der Waals surface area contributed by atoms with Crippen molar-refractivity contribution >= 4 is 0 Å². The monoisotopic (exact) mass is 184 g/mol. The molecule has 2 nitrogen and oxygen atoms in total. The summed E-state index contributed by atoms with van der Waals surface area (Å²) >= 11 is 0. The predicted octanol–water partition coefficient (Wildman–Crippen LogP) is 1.89. The van der Waals surface area contributed by atoms with E-state index in [1.54, 1.807) is 0 Å². The molecule has 0 radical (unpaired) electrons. The van der Waals surface area contributed by atoms with Crippen LogP contribution in [0.15, 0.2) is 0 Å². The highest BCUT2D eigenvalue weighted by molar-refractivity contribution is 4.72. The fourth-order valence-electron chi connectivity index (χ4n) is 2.06. The van der Waals surface area contributed by atoms with Crippen molar-refractivity contribution in [3.63, 3.8) is 0 Å². The first-order chi connectivity index (χ1) is 6.33. The number of rotatable bonds is 5. The van der Waals surface area contributed by atoms with E-state index >= 15 is 0 Å². The first-order valence-corrected chi connectivity index (χ1v) is 5.76. The molecule has 0 aromatic heterocycles. The van der Waals surface area contributed by atoms with Crippen molar-refractivity contribution in [2.75, 3.05) is 13.1 Å². The maximum absolute atomic E-state index is 5.51. The molecule has 0 heterocycles. The molecule has 1 fully saturated rings. The average molecular weight is 184 g/mol. The second-order valence-corrected chi connectivity index (χ2v) is 4.43. The van der Waals surface area contributed by atoms with Gasteiger partial charge in [-0.3, -0.25) is 0 Å². The van der Waals surface area contributed by atoms with Gasteiger partial charge in [-0.2, -0.15) is 0 Å². The molecule has 0 saturated heterocycles. The number of hydrogen-bond donors (Lipinski definition) is 2. The zero-order valence-corrected chi connectivity index (χ0v) is 8.89. The Kier molecular flexibility index (Phi) is 5.40. The Morgan fingerprint density at radius 2 is 2.00 bits per heavy atom. The highest BCUT2D eigenvalue weighted by atomic mass is 14.9. The molecular weight excluding hydrogens is 160 g/mol. The van der Waals surface area contributed by atoms with Gasteiger partial charge < -0.3 is 11.1 Å². The van der Waals surface area contributed by atoms with E-state index in [0.717, 1.165) is 31.5 Å². The maximum Gasteiger partial charge on any atom is 0.00671 e. The van der Waals surface area contributed by atoms with Crippen molar-refractivity contribution in [3.05, 3.63) is 0 Å². The van der Waals surface area contributed by atoms with E-state index in [1.807, 2.05) is 0 Å². The van der Waals surface area contributed by atoms with Crippen molar-refractivity contribution in [2.45, 2.75) is 51.5 Å². The van der Waals surface area contributed by atoms with E-state index in [4.69, 9.17) is 5.73 Å². The number of nitrogens with two attached hydrogens (primary N) is 1. The lowest BCUT2D eigenvalue weighted by Gasteiger charge is -2.24. The lowest BCUT2D eigenvalue weighted by molar-refractivity contribution is 0.348. The van der Waals surface area contributed by atoms with Gasteiger partial charge in [-0.05, 0) is 38.3 Å². The summed E-state index contributed by atoms with van der Waals surface area (Å²) in [5.74, 6) is 0.743. The van der Waals surface area contributed by atoms with Crippen molar-refractivity contribution in [1.82, 2.24) is 5.32 Å². The van der Waals surface area contributed by atoms with Crippen LogP contribution in [0.25, 0.3) is 0 Å². The molecule has 0 bridgehead atoms. The Labute approximate surface area is 82.3 Å². The minimum absolute atomic E-state index is 0.743. The molecular formula is C11H24N2. The molecule has 0 aromatic rings. The predicted molar refractivity (Wildman–Crippen MR) is 57.7 cm³/mol. The quantitative estimate of drug-likeness (QED) is 0.685. The largest absolute Gasteiger partial charge is 0.330 e. The molecule has 0 amide bonds. The van der Waals surface area contributed by atoms with E-state index in [-0.39, 0.29) is 0 Å². The van der Waals surface area contributed by atoms with E-state index in [0.29, 0.717) is 0 Å². The van der Waals surface area contributed by atoms with Crippen LogP contribution in [-0.4, -0.2) is 19.1 Å². The van der Waals surface area contributed by atoms with Crippen LogP contribution < -0.4 is 11.1 Å². The van der Waals surface area contributed by atoms with Crippen LogP contribution in [-0.2, 0) is 0 Å². The van der Waals surface area contributed by atoms with Crippen LogP contribution >= 0.6 is 0 Å².